The summed E-state index contributed by atoms with van der Waals surface area (Å²) in [6.45, 7) is 7.89. The Labute approximate surface area is 228 Å². The van der Waals surface area contributed by atoms with Crippen LogP contribution in [-0.2, 0) is 27.7 Å². The Morgan fingerprint density at radius 2 is 1.63 bits per heavy atom. The Balaban J connectivity index is 1.27. The van der Waals surface area contributed by atoms with Crippen LogP contribution in [0.2, 0.25) is 0 Å². The summed E-state index contributed by atoms with van der Waals surface area (Å²) >= 11 is 0. The van der Waals surface area contributed by atoms with Crippen molar-refractivity contribution in [2.45, 2.75) is 57.3 Å². The molecule has 0 N–H and O–H groups in total. The van der Waals surface area contributed by atoms with Crippen molar-refractivity contribution in [2.75, 3.05) is 58.8 Å². The van der Waals surface area contributed by atoms with E-state index < -0.39 is 10.0 Å². The number of ether oxygens (including phenoxy) is 1. The molecule has 4 rings (SSSR count). The molecule has 2 aromatic carbocycles. The van der Waals surface area contributed by atoms with Crippen molar-refractivity contribution in [1.82, 2.24) is 9.21 Å². The van der Waals surface area contributed by atoms with Crippen LogP contribution in [0.4, 0.5) is 5.69 Å². The maximum absolute atomic E-state index is 13.2. The van der Waals surface area contributed by atoms with Gasteiger partial charge in [-0.2, -0.15) is 0 Å². The van der Waals surface area contributed by atoms with Crippen LogP contribution in [0.15, 0.2) is 35.2 Å². The van der Waals surface area contributed by atoms with Crippen molar-refractivity contribution in [2.24, 2.45) is 5.92 Å². The smallest absolute Gasteiger partial charge is 0.243 e. The number of piperidine rings is 1. The highest BCUT2D eigenvalue weighted by atomic mass is 32.2. The predicted molar refractivity (Wildman–Crippen MR) is 153 cm³/mol. The Morgan fingerprint density at radius 3 is 2.26 bits per heavy atom. The Hall–Kier alpha value is -2.42. The van der Waals surface area contributed by atoms with Crippen molar-refractivity contribution in [3.05, 3.63) is 52.6 Å². The van der Waals surface area contributed by atoms with E-state index in [9.17, 15) is 13.2 Å². The van der Waals surface area contributed by atoms with Gasteiger partial charge in [0.15, 0.2) is 0 Å². The second-order valence-electron chi connectivity index (χ2n) is 11.1. The van der Waals surface area contributed by atoms with E-state index in [1.807, 2.05) is 0 Å². The number of sulfonamides is 1. The molecular formula is C30H43N3O4S. The molecule has 0 aromatic heterocycles. The van der Waals surface area contributed by atoms with Gasteiger partial charge in [0.2, 0.25) is 10.0 Å². The van der Waals surface area contributed by atoms with Crippen LogP contribution in [0.3, 0.4) is 0 Å². The van der Waals surface area contributed by atoms with Gasteiger partial charge in [-0.3, -0.25) is 4.79 Å². The summed E-state index contributed by atoms with van der Waals surface area (Å²) in [5, 5.41) is 0. The molecule has 208 valence electrons. The van der Waals surface area contributed by atoms with Crippen LogP contribution in [0.1, 0.15) is 47.9 Å². The fourth-order valence-electron chi connectivity index (χ4n) is 5.83. The topological polar surface area (TPSA) is 70.2 Å². The third kappa shape index (κ3) is 6.58. The lowest BCUT2D eigenvalue weighted by Gasteiger charge is -2.34. The number of anilines is 1. The van der Waals surface area contributed by atoms with Gasteiger partial charge in [0.25, 0.3) is 0 Å². The molecule has 0 unspecified atom stereocenters. The van der Waals surface area contributed by atoms with Gasteiger partial charge in [-0.25, -0.2) is 12.7 Å². The van der Waals surface area contributed by atoms with Crippen LogP contribution in [0.5, 0.6) is 5.75 Å². The zero-order valence-corrected chi connectivity index (χ0v) is 24.4. The number of hydrogen-bond acceptors (Lipinski definition) is 6. The van der Waals surface area contributed by atoms with Crippen LogP contribution >= 0.6 is 0 Å². The number of ketones is 1. The highest BCUT2D eigenvalue weighted by Gasteiger charge is 2.27. The lowest BCUT2D eigenvalue weighted by Crippen LogP contribution is -2.35. The zero-order chi connectivity index (χ0) is 27.4. The van der Waals surface area contributed by atoms with Crippen LogP contribution in [0.25, 0.3) is 0 Å². The number of nitrogens with zero attached hydrogens (tertiary/aromatic N) is 3. The Bertz CT molecular complexity index is 1230. The summed E-state index contributed by atoms with van der Waals surface area (Å²) in [5.74, 6) is 1.14. The molecule has 1 saturated heterocycles. The van der Waals surface area contributed by atoms with Crippen LogP contribution < -0.4 is 9.64 Å². The van der Waals surface area contributed by atoms with Gasteiger partial charge < -0.3 is 14.5 Å². The van der Waals surface area contributed by atoms with Gasteiger partial charge in [-0.05, 0) is 99.0 Å². The van der Waals surface area contributed by atoms with Crippen molar-refractivity contribution >= 4 is 21.5 Å². The lowest BCUT2D eigenvalue weighted by molar-refractivity contribution is -0.120. The molecule has 1 fully saturated rings. The molecule has 2 heterocycles. The number of rotatable bonds is 9. The maximum atomic E-state index is 13.2. The predicted octanol–water partition coefficient (Wildman–Crippen LogP) is 4.23. The van der Waals surface area contributed by atoms with Crippen molar-refractivity contribution in [3.8, 4) is 5.75 Å². The number of fused-ring (bicyclic) bond motifs is 1. The zero-order valence-electron chi connectivity index (χ0n) is 23.6. The first-order valence-corrected chi connectivity index (χ1v) is 15.2. The van der Waals surface area contributed by atoms with E-state index in [4.69, 9.17) is 4.74 Å². The highest BCUT2D eigenvalue weighted by Crippen LogP contribution is 2.30. The molecule has 0 radical (unpaired) electrons. The summed E-state index contributed by atoms with van der Waals surface area (Å²) in [6.07, 6.45) is 4.97. The fraction of sp³-hybridized carbons (Fsp3) is 0.567. The van der Waals surface area contributed by atoms with E-state index in [0.717, 1.165) is 51.9 Å². The van der Waals surface area contributed by atoms with Crippen molar-refractivity contribution < 1.29 is 17.9 Å². The number of aryl methyl sites for hydroxylation is 2. The van der Waals surface area contributed by atoms with Crippen LogP contribution in [-0.4, -0.2) is 77.3 Å². The first-order chi connectivity index (χ1) is 18.1. The molecular weight excluding hydrogens is 498 g/mol. The largest absolute Gasteiger partial charge is 0.497 e. The number of hydrogen-bond donors (Lipinski definition) is 0. The minimum Gasteiger partial charge on any atom is -0.497 e. The minimum absolute atomic E-state index is 0.142. The second kappa shape index (κ2) is 12.2. The molecule has 0 bridgehead atoms. The van der Waals surface area contributed by atoms with Crippen molar-refractivity contribution in [3.63, 3.8) is 0 Å². The molecule has 0 spiro atoms. The van der Waals surface area contributed by atoms with Gasteiger partial charge >= 0.3 is 0 Å². The van der Waals surface area contributed by atoms with Gasteiger partial charge in [0.1, 0.15) is 11.5 Å². The van der Waals surface area contributed by atoms with E-state index >= 15 is 0 Å². The number of Topliss-reactive ketones (excluding diaryl/α,β-unsaturated/α-hetero) is 1. The van der Waals surface area contributed by atoms with Crippen LogP contribution in [0, 0.1) is 19.8 Å². The van der Waals surface area contributed by atoms with Gasteiger partial charge in [0.05, 0.1) is 12.0 Å². The fourth-order valence-corrected chi connectivity index (χ4v) is 7.41. The number of methoxy groups -OCH3 is 1. The summed E-state index contributed by atoms with van der Waals surface area (Å²) in [5.41, 5.74) is 5.54. The third-order valence-corrected chi connectivity index (χ3v) is 10.4. The first-order valence-electron chi connectivity index (χ1n) is 13.8. The number of carbonyl (C=O) groups is 1. The normalized spacial score (nSPS) is 17.4. The molecule has 8 heteroatoms. The summed E-state index contributed by atoms with van der Waals surface area (Å²) in [7, 11) is 1.63. The molecule has 0 saturated carbocycles. The highest BCUT2D eigenvalue weighted by molar-refractivity contribution is 7.89. The average Bonchev–Trinajstić information content (AvgIpc) is 3.08. The maximum Gasteiger partial charge on any atom is 0.243 e. The summed E-state index contributed by atoms with van der Waals surface area (Å²) in [6, 6.07) is 10.4. The molecule has 2 aliphatic rings. The number of benzene rings is 2. The third-order valence-electron chi connectivity index (χ3n) is 8.25. The molecule has 38 heavy (non-hydrogen) atoms. The lowest BCUT2D eigenvalue weighted by atomic mass is 9.90. The van der Waals surface area contributed by atoms with E-state index in [-0.39, 0.29) is 18.7 Å². The van der Waals surface area contributed by atoms with E-state index in [2.05, 4.69) is 35.0 Å². The first kappa shape index (κ1) is 28.6. The molecule has 2 aromatic rings. The summed E-state index contributed by atoms with van der Waals surface area (Å²) in [4.78, 5) is 18.0. The minimum atomic E-state index is -3.69. The standard InChI is InChI=1S/C30H43N3O4S/c1-22-18-29(37-5)19-23(2)30(22)38(35,36)32(4)15-12-28(34)20-24-8-16-33(17-9-24)27-7-6-25-10-13-31(3)14-11-26(25)21-27/h6-7,18-19,21,24H,8-17,20H2,1-5H3. The van der Waals surface area contributed by atoms with E-state index in [0.29, 0.717) is 34.1 Å². The number of carbonyl (C=O) groups excluding carboxylic acids is 1. The molecule has 2 aliphatic heterocycles. The van der Waals surface area contributed by atoms with E-state index in [1.165, 1.54) is 21.1 Å². The SMILES string of the molecule is COc1cc(C)c(S(=O)(=O)N(C)CCC(=O)CC2CCN(c3ccc4c(c3)CCN(C)CC4)CC2)c(C)c1. The molecule has 0 aliphatic carbocycles. The second-order valence-corrected chi connectivity index (χ2v) is 13.1. The van der Waals surface area contributed by atoms with Gasteiger partial charge in [-0.15, -0.1) is 0 Å². The molecule has 7 nitrogen and oxygen atoms in total. The average molecular weight is 542 g/mol. The van der Waals surface area contributed by atoms with Gasteiger partial charge in [0, 0.05) is 58.3 Å². The monoisotopic (exact) mass is 541 g/mol. The Kier molecular flexibility index (Phi) is 9.16. The molecule has 0 amide bonds. The van der Waals surface area contributed by atoms with Gasteiger partial charge in [-0.1, -0.05) is 6.07 Å². The number of likely N-dealkylation sites (N-methyl/N-ethyl adjacent to an activating group) is 1. The van der Waals surface area contributed by atoms with E-state index in [1.54, 1.807) is 40.1 Å². The summed E-state index contributed by atoms with van der Waals surface area (Å²) < 4.78 is 33.0. The Morgan fingerprint density at radius 1 is 1.00 bits per heavy atom. The quantitative estimate of drug-likeness (QED) is 0.473. The van der Waals surface area contributed by atoms with Crippen molar-refractivity contribution in [1.29, 1.82) is 0 Å². The molecule has 0 atom stereocenters.